The fourth-order valence-electron chi connectivity index (χ4n) is 2.79. The molecule has 0 aliphatic heterocycles. The normalized spacial score (nSPS) is 23.8. The Hall–Kier alpha value is -1.35. The van der Waals surface area contributed by atoms with Crippen molar-refractivity contribution < 1.29 is 9.90 Å². The van der Waals surface area contributed by atoms with Crippen LogP contribution in [0, 0.1) is 5.41 Å². The summed E-state index contributed by atoms with van der Waals surface area (Å²) in [6, 6.07) is 9.08. The van der Waals surface area contributed by atoms with Crippen LogP contribution in [0.3, 0.4) is 0 Å². The molecular formula is C15H21NO2. The van der Waals surface area contributed by atoms with Gasteiger partial charge in [-0.05, 0) is 23.8 Å². The summed E-state index contributed by atoms with van der Waals surface area (Å²) < 4.78 is 0. The molecule has 1 aromatic rings. The van der Waals surface area contributed by atoms with Gasteiger partial charge in [0.15, 0.2) is 0 Å². The lowest BCUT2D eigenvalue weighted by Gasteiger charge is -2.30. The Morgan fingerprint density at radius 2 is 2.06 bits per heavy atom. The molecule has 3 nitrogen and oxygen atoms in total. The second-order valence-corrected chi connectivity index (χ2v) is 5.78. The molecule has 0 radical (unpaired) electrons. The zero-order valence-corrected chi connectivity index (χ0v) is 11.0. The van der Waals surface area contributed by atoms with Gasteiger partial charge in [0.2, 0.25) is 0 Å². The Bertz CT molecular complexity index is 414. The number of carboxylic acid groups (broad SMARTS) is 1. The number of aliphatic carboxylic acids is 1. The maximum atomic E-state index is 11.4. The summed E-state index contributed by atoms with van der Waals surface area (Å²) in [5, 5.41) is 12.7. The molecule has 1 aliphatic carbocycles. The van der Waals surface area contributed by atoms with Crippen LogP contribution in [-0.2, 0) is 4.79 Å². The average molecular weight is 247 g/mol. The second kappa shape index (κ2) is 5.11. The lowest BCUT2D eigenvalue weighted by Crippen LogP contribution is -2.42. The molecule has 0 aromatic heterocycles. The Kier molecular flexibility index (Phi) is 3.71. The summed E-state index contributed by atoms with van der Waals surface area (Å²) in [5.74, 6) is -0.802. The van der Waals surface area contributed by atoms with E-state index in [2.05, 4.69) is 19.2 Å². The number of nitrogens with one attached hydrogen (secondary N) is 1. The van der Waals surface area contributed by atoms with E-state index in [0.29, 0.717) is 0 Å². The molecule has 2 unspecified atom stereocenters. The molecule has 0 heterocycles. The predicted octanol–water partition coefficient (Wildman–Crippen LogP) is 2.98. The summed E-state index contributed by atoms with van der Waals surface area (Å²) in [4.78, 5) is 11.4. The minimum absolute atomic E-state index is 0.183. The first-order valence-electron chi connectivity index (χ1n) is 6.54. The first-order chi connectivity index (χ1) is 8.50. The average Bonchev–Trinajstić information content (AvgIpc) is 2.66. The maximum Gasteiger partial charge on any atom is 0.325 e. The zero-order chi connectivity index (χ0) is 13.2. The van der Waals surface area contributed by atoms with Crippen LogP contribution in [0.25, 0.3) is 0 Å². The highest BCUT2D eigenvalue weighted by molar-refractivity contribution is 5.75. The Morgan fingerprint density at radius 3 is 2.56 bits per heavy atom. The van der Waals surface area contributed by atoms with Gasteiger partial charge in [0.1, 0.15) is 6.04 Å². The van der Waals surface area contributed by atoms with Crippen molar-refractivity contribution in [3.8, 4) is 0 Å². The van der Waals surface area contributed by atoms with E-state index in [1.807, 2.05) is 30.3 Å². The molecular weight excluding hydrogens is 226 g/mol. The van der Waals surface area contributed by atoms with Crippen molar-refractivity contribution in [1.29, 1.82) is 0 Å². The third kappa shape index (κ3) is 2.72. The van der Waals surface area contributed by atoms with Crippen molar-refractivity contribution in [3.05, 3.63) is 35.9 Å². The van der Waals surface area contributed by atoms with Crippen molar-refractivity contribution in [2.45, 2.75) is 45.2 Å². The van der Waals surface area contributed by atoms with Gasteiger partial charge in [-0.3, -0.25) is 10.1 Å². The zero-order valence-electron chi connectivity index (χ0n) is 11.0. The van der Waals surface area contributed by atoms with Gasteiger partial charge in [0.25, 0.3) is 0 Å². The van der Waals surface area contributed by atoms with E-state index in [1.54, 1.807) is 0 Å². The van der Waals surface area contributed by atoms with E-state index < -0.39 is 12.0 Å². The third-order valence-electron chi connectivity index (χ3n) is 4.00. The van der Waals surface area contributed by atoms with Crippen LogP contribution in [0.5, 0.6) is 0 Å². The lowest BCUT2D eigenvalue weighted by molar-refractivity contribution is -0.140. The molecule has 18 heavy (non-hydrogen) atoms. The van der Waals surface area contributed by atoms with Crippen LogP contribution in [0.15, 0.2) is 30.3 Å². The third-order valence-corrected chi connectivity index (χ3v) is 4.00. The molecule has 1 fully saturated rings. The minimum atomic E-state index is -0.802. The largest absolute Gasteiger partial charge is 0.480 e. The number of carboxylic acids is 1. The molecule has 2 rings (SSSR count). The second-order valence-electron chi connectivity index (χ2n) is 5.78. The molecule has 2 atom stereocenters. The monoisotopic (exact) mass is 247 g/mol. The van der Waals surface area contributed by atoms with Crippen molar-refractivity contribution in [2.24, 2.45) is 5.41 Å². The summed E-state index contributed by atoms with van der Waals surface area (Å²) in [6.45, 7) is 4.42. The van der Waals surface area contributed by atoms with Crippen molar-refractivity contribution in [2.75, 3.05) is 0 Å². The van der Waals surface area contributed by atoms with Crippen molar-refractivity contribution in [3.63, 3.8) is 0 Å². The molecule has 1 saturated carbocycles. The smallest absolute Gasteiger partial charge is 0.325 e. The number of carbonyl (C=O) groups is 1. The van der Waals surface area contributed by atoms with Gasteiger partial charge in [-0.25, -0.2) is 0 Å². The highest BCUT2D eigenvalue weighted by atomic mass is 16.4. The topological polar surface area (TPSA) is 49.3 Å². The highest BCUT2D eigenvalue weighted by Crippen LogP contribution is 2.38. The Morgan fingerprint density at radius 1 is 1.39 bits per heavy atom. The van der Waals surface area contributed by atoms with Crippen LogP contribution < -0.4 is 5.32 Å². The fourth-order valence-corrected chi connectivity index (χ4v) is 2.79. The van der Waals surface area contributed by atoms with Gasteiger partial charge < -0.3 is 5.11 Å². The van der Waals surface area contributed by atoms with Crippen LogP contribution >= 0.6 is 0 Å². The molecule has 0 spiro atoms. The fraction of sp³-hybridized carbons (Fsp3) is 0.533. The number of rotatable bonds is 4. The Balaban J connectivity index is 2.15. The number of benzene rings is 1. The van der Waals surface area contributed by atoms with E-state index in [1.165, 1.54) is 6.42 Å². The van der Waals surface area contributed by atoms with Crippen LogP contribution in [-0.4, -0.2) is 17.1 Å². The van der Waals surface area contributed by atoms with Gasteiger partial charge in [-0.15, -0.1) is 0 Å². The summed E-state index contributed by atoms with van der Waals surface area (Å²) in [7, 11) is 0. The standard InChI is InChI=1S/C15H21NO2/c1-15(2)10-6-9-12(15)16-13(14(17)18)11-7-4-3-5-8-11/h3-5,7-8,12-13,16H,6,9-10H2,1-2H3,(H,17,18). The predicted molar refractivity (Wildman–Crippen MR) is 71.4 cm³/mol. The molecule has 3 heteroatoms. The van der Waals surface area contributed by atoms with Crippen LogP contribution in [0.4, 0.5) is 0 Å². The quantitative estimate of drug-likeness (QED) is 0.860. The van der Waals surface area contributed by atoms with E-state index in [9.17, 15) is 9.90 Å². The summed E-state index contributed by atoms with van der Waals surface area (Å²) in [5.41, 5.74) is 1.01. The van der Waals surface area contributed by atoms with E-state index in [4.69, 9.17) is 0 Å². The molecule has 2 N–H and O–H groups in total. The molecule has 0 bridgehead atoms. The van der Waals surface area contributed by atoms with Crippen LogP contribution in [0.2, 0.25) is 0 Å². The SMILES string of the molecule is CC1(C)CCCC1NC(C(=O)O)c1ccccc1. The van der Waals surface area contributed by atoms with Crippen molar-refractivity contribution >= 4 is 5.97 Å². The van der Waals surface area contributed by atoms with E-state index >= 15 is 0 Å². The first kappa shape index (κ1) is 13.1. The maximum absolute atomic E-state index is 11.4. The van der Waals surface area contributed by atoms with Gasteiger partial charge in [0.05, 0.1) is 0 Å². The molecule has 0 amide bonds. The van der Waals surface area contributed by atoms with Gasteiger partial charge in [-0.2, -0.15) is 0 Å². The van der Waals surface area contributed by atoms with Gasteiger partial charge in [0, 0.05) is 6.04 Å². The first-order valence-corrected chi connectivity index (χ1v) is 6.54. The van der Waals surface area contributed by atoms with Gasteiger partial charge in [-0.1, -0.05) is 50.6 Å². The number of hydrogen-bond acceptors (Lipinski definition) is 2. The molecule has 98 valence electrons. The summed E-state index contributed by atoms with van der Waals surface area (Å²) >= 11 is 0. The van der Waals surface area contributed by atoms with E-state index in [0.717, 1.165) is 18.4 Å². The molecule has 1 aliphatic rings. The summed E-state index contributed by atoms with van der Waals surface area (Å²) in [6.07, 6.45) is 3.39. The Labute approximate surface area is 108 Å². The number of hydrogen-bond donors (Lipinski definition) is 2. The molecule has 1 aromatic carbocycles. The van der Waals surface area contributed by atoms with Crippen LogP contribution in [0.1, 0.15) is 44.7 Å². The molecule has 0 saturated heterocycles. The van der Waals surface area contributed by atoms with E-state index in [-0.39, 0.29) is 11.5 Å². The van der Waals surface area contributed by atoms with Crippen molar-refractivity contribution in [1.82, 2.24) is 5.32 Å². The van der Waals surface area contributed by atoms with Gasteiger partial charge >= 0.3 is 5.97 Å². The minimum Gasteiger partial charge on any atom is -0.480 e. The lowest BCUT2D eigenvalue weighted by atomic mass is 9.86. The highest BCUT2D eigenvalue weighted by Gasteiger charge is 2.37.